The molecule has 2 fully saturated rings. The number of amides is 1. The summed E-state index contributed by atoms with van der Waals surface area (Å²) in [6.07, 6.45) is -3.13. The minimum Gasteiger partial charge on any atom is -0.379 e. The predicted octanol–water partition coefficient (Wildman–Crippen LogP) is 1.56. The summed E-state index contributed by atoms with van der Waals surface area (Å²) in [7, 11) is 0. The maximum atomic E-state index is 12.6. The van der Waals surface area contributed by atoms with Crippen LogP contribution in [-0.2, 0) is 4.79 Å². The minimum atomic E-state index is -4.66. The van der Waals surface area contributed by atoms with E-state index in [9.17, 15) is 23.1 Å². The number of aliphatic hydroxyl groups is 1. The Morgan fingerprint density at radius 1 is 1.47 bits per heavy atom. The van der Waals surface area contributed by atoms with Crippen LogP contribution in [-0.4, -0.2) is 40.8 Å². The maximum absolute atomic E-state index is 12.6. The summed E-state index contributed by atoms with van der Waals surface area (Å²) >= 11 is 0. The fourth-order valence-electron chi connectivity index (χ4n) is 2.30. The van der Waals surface area contributed by atoms with Crippen molar-refractivity contribution < 1.29 is 23.1 Å². The van der Waals surface area contributed by atoms with E-state index in [1.807, 2.05) is 0 Å². The topological polar surface area (TPSA) is 40.5 Å². The first kappa shape index (κ1) is 12.7. The lowest BCUT2D eigenvalue weighted by atomic mass is 10.0. The van der Waals surface area contributed by atoms with Crippen molar-refractivity contribution in [2.45, 2.75) is 38.0 Å². The Hall–Kier alpha value is -0.780. The van der Waals surface area contributed by atoms with Gasteiger partial charge in [0.1, 0.15) is 0 Å². The van der Waals surface area contributed by atoms with Gasteiger partial charge < -0.3 is 10.0 Å². The van der Waals surface area contributed by atoms with E-state index in [4.69, 9.17) is 0 Å². The third-order valence-corrected chi connectivity index (χ3v) is 3.81. The van der Waals surface area contributed by atoms with Crippen molar-refractivity contribution in [1.82, 2.24) is 4.90 Å². The van der Waals surface area contributed by atoms with Crippen molar-refractivity contribution in [3.63, 3.8) is 0 Å². The number of β-amino-alcohol motifs (C(OH)–C–C–N with tert-alkyl or cyclic N) is 1. The van der Waals surface area contributed by atoms with Crippen molar-refractivity contribution >= 4 is 5.91 Å². The molecule has 17 heavy (non-hydrogen) atoms. The number of halogens is 3. The number of carbonyl (C=O) groups is 1. The molecule has 2 rings (SSSR count). The Bertz CT molecular complexity index is 327. The van der Waals surface area contributed by atoms with Crippen LogP contribution in [0.1, 0.15) is 26.2 Å². The van der Waals surface area contributed by atoms with Gasteiger partial charge in [-0.3, -0.25) is 4.79 Å². The number of alkyl halides is 3. The Kier molecular flexibility index (Phi) is 2.88. The molecule has 1 saturated carbocycles. The molecular weight excluding hydrogens is 235 g/mol. The lowest BCUT2D eigenvalue weighted by Gasteiger charge is -2.26. The fourth-order valence-corrected chi connectivity index (χ4v) is 2.30. The van der Waals surface area contributed by atoms with Gasteiger partial charge in [-0.2, -0.15) is 13.2 Å². The van der Waals surface area contributed by atoms with Gasteiger partial charge in [0, 0.05) is 18.9 Å². The SMILES string of the molecule is CC(C(=O)N1CCC(O)(C(F)(F)F)C1)C1CC1. The summed E-state index contributed by atoms with van der Waals surface area (Å²) in [5, 5.41) is 9.46. The zero-order valence-electron chi connectivity index (χ0n) is 9.63. The normalized spacial score (nSPS) is 31.7. The second kappa shape index (κ2) is 3.86. The van der Waals surface area contributed by atoms with Gasteiger partial charge in [-0.25, -0.2) is 0 Å². The van der Waals surface area contributed by atoms with E-state index in [0.29, 0.717) is 5.92 Å². The Morgan fingerprint density at radius 3 is 2.47 bits per heavy atom. The molecule has 0 aromatic rings. The number of likely N-dealkylation sites (tertiary alicyclic amines) is 1. The molecule has 6 heteroatoms. The lowest BCUT2D eigenvalue weighted by molar-refractivity contribution is -0.253. The Balaban J connectivity index is 1.99. The molecule has 98 valence electrons. The molecule has 0 aromatic heterocycles. The minimum absolute atomic E-state index is 0.00803. The highest BCUT2D eigenvalue weighted by molar-refractivity contribution is 5.79. The smallest absolute Gasteiger partial charge is 0.379 e. The van der Waals surface area contributed by atoms with Crippen LogP contribution in [0.3, 0.4) is 0 Å². The molecule has 1 aliphatic heterocycles. The maximum Gasteiger partial charge on any atom is 0.419 e. The van der Waals surface area contributed by atoms with Gasteiger partial charge in [0.25, 0.3) is 0 Å². The van der Waals surface area contributed by atoms with Crippen molar-refractivity contribution in [3.05, 3.63) is 0 Å². The third kappa shape index (κ3) is 2.27. The van der Waals surface area contributed by atoms with E-state index in [0.717, 1.165) is 17.7 Å². The molecule has 2 atom stereocenters. The van der Waals surface area contributed by atoms with Crippen LogP contribution in [0.4, 0.5) is 13.2 Å². The number of nitrogens with zero attached hydrogens (tertiary/aromatic N) is 1. The quantitative estimate of drug-likeness (QED) is 0.809. The van der Waals surface area contributed by atoms with Crippen molar-refractivity contribution in [1.29, 1.82) is 0 Å². The van der Waals surface area contributed by atoms with Crippen LogP contribution in [0, 0.1) is 11.8 Å². The molecule has 1 aliphatic carbocycles. The first-order chi connectivity index (χ1) is 7.74. The molecule has 0 bridgehead atoms. The van der Waals surface area contributed by atoms with Gasteiger partial charge in [0.05, 0.1) is 6.54 Å². The largest absolute Gasteiger partial charge is 0.419 e. The third-order valence-electron chi connectivity index (χ3n) is 3.81. The van der Waals surface area contributed by atoms with E-state index in [2.05, 4.69) is 0 Å². The Morgan fingerprint density at radius 2 is 2.06 bits per heavy atom. The molecule has 2 aliphatic rings. The van der Waals surface area contributed by atoms with Crippen molar-refractivity contribution in [3.8, 4) is 0 Å². The van der Waals surface area contributed by atoms with E-state index >= 15 is 0 Å². The molecule has 1 N–H and O–H groups in total. The highest BCUT2D eigenvalue weighted by atomic mass is 19.4. The highest BCUT2D eigenvalue weighted by Crippen LogP contribution is 2.41. The van der Waals surface area contributed by atoms with Crippen molar-refractivity contribution in [2.24, 2.45) is 11.8 Å². The number of carbonyl (C=O) groups excluding carboxylic acids is 1. The van der Waals surface area contributed by atoms with Crippen LogP contribution < -0.4 is 0 Å². The second-order valence-electron chi connectivity index (χ2n) is 5.17. The number of rotatable bonds is 2. The average Bonchev–Trinajstić information content (AvgIpc) is 2.98. The van der Waals surface area contributed by atoms with E-state index in [1.54, 1.807) is 6.92 Å². The van der Waals surface area contributed by atoms with Gasteiger partial charge in [0.15, 0.2) is 5.60 Å². The summed E-state index contributed by atoms with van der Waals surface area (Å²) in [5.74, 6) is -0.152. The summed E-state index contributed by atoms with van der Waals surface area (Å²) in [6.45, 7) is 1.13. The molecule has 0 aromatic carbocycles. The second-order valence-corrected chi connectivity index (χ2v) is 5.17. The molecule has 1 heterocycles. The zero-order valence-corrected chi connectivity index (χ0v) is 9.63. The Labute approximate surface area is 97.6 Å². The average molecular weight is 251 g/mol. The van der Waals surface area contributed by atoms with Crippen LogP contribution in [0.15, 0.2) is 0 Å². The number of hydrogen-bond donors (Lipinski definition) is 1. The summed E-state index contributed by atoms with van der Waals surface area (Å²) < 4.78 is 37.7. The molecule has 3 nitrogen and oxygen atoms in total. The van der Waals surface area contributed by atoms with Gasteiger partial charge in [-0.1, -0.05) is 6.92 Å². The van der Waals surface area contributed by atoms with Crippen LogP contribution in [0.5, 0.6) is 0 Å². The van der Waals surface area contributed by atoms with E-state index in [-0.39, 0.29) is 18.4 Å². The molecule has 2 unspecified atom stereocenters. The monoisotopic (exact) mass is 251 g/mol. The van der Waals surface area contributed by atoms with Crippen LogP contribution in [0.25, 0.3) is 0 Å². The first-order valence-corrected chi connectivity index (χ1v) is 5.82. The van der Waals surface area contributed by atoms with Crippen molar-refractivity contribution in [2.75, 3.05) is 13.1 Å². The molecule has 1 amide bonds. The van der Waals surface area contributed by atoms with E-state index < -0.39 is 24.7 Å². The fraction of sp³-hybridized carbons (Fsp3) is 0.909. The standard InChI is InChI=1S/C11H16F3NO2/c1-7(8-2-3-8)9(16)15-5-4-10(17,6-15)11(12,13)14/h7-8,17H,2-6H2,1H3. The number of hydrogen-bond acceptors (Lipinski definition) is 2. The van der Waals surface area contributed by atoms with Gasteiger partial charge in [-0.15, -0.1) is 0 Å². The molecule has 0 spiro atoms. The van der Waals surface area contributed by atoms with Crippen LogP contribution in [0.2, 0.25) is 0 Å². The first-order valence-electron chi connectivity index (χ1n) is 5.82. The summed E-state index contributed by atoms with van der Waals surface area (Å²) in [5.41, 5.74) is -2.72. The predicted molar refractivity (Wildman–Crippen MR) is 54.1 cm³/mol. The molecule has 1 saturated heterocycles. The van der Waals surface area contributed by atoms with Gasteiger partial charge in [0.2, 0.25) is 5.91 Å². The molecular formula is C11H16F3NO2. The van der Waals surface area contributed by atoms with Crippen LogP contribution >= 0.6 is 0 Å². The summed E-state index contributed by atoms with van der Waals surface area (Å²) in [4.78, 5) is 13.0. The molecule has 0 radical (unpaired) electrons. The van der Waals surface area contributed by atoms with Gasteiger partial charge in [-0.05, 0) is 18.8 Å². The summed E-state index contributed by atoms with van der Waals surface area (Å²) in [6, 6.07) is 0. The highest BCUT2D eigenvalue weighted by Gasteiger charge is 2.58. The van der Waals surface area contributed by atoms with Gasteiger partial charge >= 0.3 is 6.18 Å². The van der Waals surface area contributed by atoms with E-state index in [1.165, 1.54) is 0 Å². The lowest BCUT2D eigenvalue weighted by Crippen LogP contribution is -2.48. The zero-order chi connectivity index (χ0) is 12.8.